The van der Waals surface area contributed by atoms with E-state index < -0.39 is 17.7 Å². The lowest BCUT2D eigenvalue weighted by Crippen LogP contribution is -2.38. The summed E-state index contributed by atoms with van der Waals surface area (Å²) in [6, 6.07) is 10.5. The van der Waals surface area contributed by atoms with Crippen LogP contribution in [0, 0.1) is 5.82 Å². The summed E-state index contributed by atoms with van der Waals surface area (Å²) >= 11 is 0. The van der Waals surface area contributed by atoms with E-state index in [-0.39, 0.29) is 36.3 Å². The van der Waals surface area contributed by atoms with Crippen molar-refractivity contribution in [2.75, 3.05) is 0 Å². The summed E-state index contributed by atoms with van der Waals surface area (Å²) < 4.78 is 51.7. The Morgan fingerprint density at radius 2 is 1.45 bits per heavy atom. The fraction of sp³-hybridized carbons (Fsp3) is 0.273. The van der Waals surface area contributed by atoms with E-state index in [1.54, 1.807) is 12.1 Å². The molecule has 7 heteroatoms. The zero-order valence-corrected chi connectivity index (χ0v) is 15.2. The number of carbonyl (C=O) groups excluding carboxylic acids is 2. The third kappa shape index (κ3) is 3.81. The highest BCUT2D eigenvalue weighted by atomic mass is 19.4. The Labute approximate surface area is 164 Å². The van der Waals surface area contributed by atoms with Crippen LogP contribution in [0.2, 0.25) is 0 Å². The van der Waals surface area contributed by atoms with Crippen molar-refractivity contribution in [1.82, 2.24) is 5.32 Å². The van der Waals surface area contributed by atoms with Crippen molar-refractivity contribution in [2.24, 2.45) is 0 Å². The summed E-state index contributed by atoms with van der Waals surface area (Å²) in [5.74, 6) is -1.55. The molecule has 2 aliphatic rings. The molecule has 0 radical (unpaired) electrons. The number of ketones is 1. The van der Waals surface area contributed by atoms with Crippen LogP contribution in [-0.2, 0) is 15.8 Å². The molecule has 2 aromatic carbocycles. The monoisotopic (exact) mass is 403 g/mol. The van der Waals surface area contributed by atoms with E-state index in [1.807, 2.05) is 0 Å². The normalized spacial score (nSPS) is 22.3. The van der Waals surface area contributed by atoms with Gasteiger partial charge < -0.3 is 5.32 Å². The Bertz CT molecular complexity index is 991. The van der Waals surface area contributed by atoms with Gasteiger partial charge >= 0.3 is 6.18 Å². The Morgan fingerprint density at radius 3 is 2.07 bits per heavy atom. The minimum atomic E-state index is -4.45. The summed E-state index contributed by atoms with van der Waals surface area (Å²) in [7, 11) is 0. The van der Waals surface area contributed by atoms with Gasteiger partial charge in [0.15, 0.2) is 5.78 Å². The average molecular weight is 403 g/mol. The van der Waals surface area contributed by atoms with Gasteiger partial charge in [0.05, 0.1) is 5.56 Å². The Hall–Kier alpha value is -2.96. The first-order valence-electron chi connectivity index (χ1n) is 9.21. The number of hydrogen-bond acceptors (Lipinski definition) is 2. The van der Waals surface area contributed by atoms with E-state index in [9.17, 15) is 27.2 Å². The summed E-state index contributed by atoms with van der Waals surface area (Å²) in [5, 5.41) is 2.76. The predicted octanol–water partition coefficient (Wildman–Crippen LogP) is 4.85. The number of allylic oxidation sites excluding steroid dienone is 2. The van der Waals surface area contributed by atoms with Crippen molar-refractivity contribution in [3.8, 4) is 0 Å². The third-order valence-electron chi connectivity index (χ3n) is 5.52. The van der Waals surface area contributed by atoms with Crippen LogP contribution in [0.3, 0.4) is 0 Å². The van der Waals surface area contributed by atoms with Crippen molar-refractivity contribution in [3.63, 3.8) is 0 Å². The van der Waals surface area contributed by atoms with Crippen molar-refractivity contribution in [3.05, 3.63) is 82.3 Å². The number of hydrogen-bond donors (Lipinski definition) is 1. The molecule has 0 fully saturated rings. The van der Waals surface area contributed by atoms with Crippen molar-refractivity contribution in [1.29, 1.82) is 0 Å². The average Bonchev–Trinajstić information content (AvgIpc) is 2.67. The Balaban J connectivity index is 1.67. The molecule has 0 spiro atoms. The van der Waals surface area contributed by atoms with Crippen molar-refractivity contribution in [2.45, 2.75) is 37.3 Å². The number of halogens is 4. The van der Waals surface area contributed by atoms with E-state index >= 15 is 0 Å². The number of benzene rings is 2. The molecule has 0 saturated heterocycles. The second-order valence-corrected chi connectivity index (χ2v) is 7.40. The van der Waals surface area contributed by atoms with Crippen LogP contribution in [0.1, 0.15) is 47.8 Å². The van der Waals surface area contributed by atoms with E-state index in [0.717, 1.165) is 17.7 Å². The molecule has 1 aliphatic carbocycles. The molecule has 1 heterocycles. The molecular formula is C22H17F4NO2. The summed E-state index contributed by atoms with van der Waals surface area (Å²) in [6.45, 7) is 0. The molecule has 4 rings (SSSR count). The molecule has 1 N–H and O–H groups in total. The standard InChI is InChI=1S/C22H17F4NO2/c23-16-7-3-12(4-8-16)14-9-18-21(19(28)10-14)17(11-20(29)27-18)13-1-5-15(6-2-13)22(24,25)26/h1-8,14,17H,9-11H2,(H,27,29)/t14-,17-/m1/s1. The van der Waals surface area contributed by atoms with Crippen LogP contribution >= 0.6 is 0 Å². The summed E-state index contributed by atoms with van der Waals surface area (Å²) in [4.78, 5) is 25.2. The molecule has 1 amide bonds. The first-order chi connectivity index (χ1) is 13.7. The highest BCUT2D eigenvalue weighted by Gasteiger charge is 2.38. The molecular weight excluding hydrogens is 386 g/mol. The summed E-state index contributed by atoms with van der Waals surface area (Å²) in [6.07, 6.45) is -3.82. The Morgan fingerprint density at radius 1 is 0.828 bits per heavy atom. The third-order valence-corrected chi connectivity index (χ3v) is 5.52. The van der Waals surface area contributed by atoms with Crippen LogP contribution in [0.25, 0.3) is 0 Å². The number of amides is 1. The SMILES string of the molecule is O=C1C[C@H](c2ccc(C(F)(F)F)cc2)C2=C(C[C@@H](c3ccc(F)cc3)CC2=O)N1. The molecule has 2 aromatic rings. The minimum Gasteiger partial charge on any atom is -0.329 e. The smallest absolute Gasteiger partial charge is 0.329 e. The first-order valence-corrected chi connectivity index (χ1v) is 9.21. The summed E-state index contributed by atoms with van der Waals surface area (Å²) in [5.41, 5.74) is 1.51. The van der Waals surface area contributed by atoms with Crippen molar-refractivity contribution < 1.29 is 27.2 Å². The minimum absolute atomic E-state index is 0.0111. The van der Waals surface area contributed by atoms with Gasteiger partial charge in [-0.2, -0.15) is 13.2 Å². The maximum atomic E-state index is 13.2. The number of alkyl halides is 3. The van der Waals surface area contributed by atoms with Crippen molar-refractivity contribution >= 4 is 11.7 Å². The predicted molar refractivity (Wildman–Crippen MR) is 97.4 cm³/mol. The lowest BCUT2D eigenvalue weighted by atomic mass is 9.73. The molecule has 1 aliphatic heterocycles. The fourth-order valence-electron chi connectivity index (χ4n) is 4.12. The fourth-order valence-corrected chi connectivity index (χ4v) is 4.12. The molecule has 0 saturated carbocycles. The molecule has 150 valence electrons. The van der Waals surface area contributed by atoms with Gasteiger partial charge in [-0.15, -0.1) is 0 Å². The molecule has 2 atom stereocenters. The lowest BCUT2D eigenvalue weighted by molar-refractivity contribution is -0.137. The highest BCUT2D eigenvalue weighted by Crippen LogP contribution is 2.43. The molecule has 0 unspecified atom stereocenters. The van der Waals surface area contributed by atoms with Gasteiger partial charge in [-0.05, 0) is 47.7 Å². The van der Waals surface area contributed by atoms with E-state index in [4.69, 9.17) is 0 Å². The van der Waals surface area contributed by atoms with Gasteiger partial charge in [-0.3, -0.25) is 9.59 Å². The van der Waals surface area contributed by atoms with Gasteiger partial charge in [-0.25, -0.2) is 4.39 Å². The first kappa shape index (κ1) is 19.4. The second-order valence-electron chi connectivity index (χ2n) is 7.40. The van der Waals surface area contributed by atoms with Gasteiger partial charge in [0, 0.05) is 30.0 Å². The molecule has 29 heavy (non-hydrogen) atoms. The topological polar surface area (TPSA) is 46.2 Å². The van der Waals surface area contributed by atoms with Crippen LogP contribution < -0.4 is 5.32 Å². The number of Topliss-reactive ketones (excluding diaryl/α,β-unsaturated/α-hetero) is 1. The zero-order chi connectivity index (χ0) is 20.8. The van der Waals surface area contributed by atoms with E-state index in [1.165, 1.54) is 24.3 Å². The van der Waals surface area contributed by atoms with Crippen LogP contribution in [0.15, 0.2) is 59.8 Å². The quantitative estimate of drug-likeness (QED) is 0.729. The maximum absolute atomic E-state index is 13.2. The van der Waals surface area contributed by atoms with Gasteiger partial charge in [0.25, 0.3) is 0 Å². The number of carbonyl (C=O) groups is 2. The van der Waals surface area contributed by atoms with Gasteiger partial charge in [-0.1, -0.05) is 24.3 Å². The molecule has 3 nitrogen and oxygen atoms in total. The number of rotatable bonds is 2. The largest absolute Gasteiger partial charge is 0.416 e. The number of nitrogens with one attached hydrogen (secondary N) is 1. The van der Waals surface area contributed by atoms with E-state index in [0.29, 0.717) is 23.3 Å². The van der Waals surface area contributed by atoms with Crippen LogP contribution in [-0.4, -0.2) is 11.7 Å². The molecule has 0 bridgehead atoms. The molecule has 0 aromatic heterocycles. The van der Waals surface area contributed by atoms with E-state index in [2.05, 4.69) is 5.32 Å². The second kappa shape index (κ2) is 7.13. The van der Waals surface area contributed by atoms with Crippen LogP contribution in [0.5, 0.6) is 0 Å². The van der Waals surface area contributed by atoms with Gasteiger partial charge in [0.2, 0.25) is 5.91 Å². The lowest BCUT2D eigenvalue weighted by Gasteiger charge is -2.34. The highest BCUT2D eigenvalue weighted by molar-refractivity contribution is 6.02. The maximum Gasteiger partial charge on any atom is 0.416 e. The zero-order valence-electron chi connectivity index (χ0n) is 15.2. The van der Waals surface area contributed by atoms with Crippen LogP contribution in [0.4, 0.5) is 17.6 Å². The Kier molecular flexibility index (Phi) is 4.76. The van der Waals surface area contributed by atoms with Gasteiger partial charge in [0.1, 0.15) is 5.82 Å².